The van der Waals surface area contributed by atoms with Crippen LogP contribution in [0.3, 0.4) is 0 Å². The van der Waals surface area contributed by atoms with Crippen molar-refractivity contribution >= 4 is 0 Å². The number of aliphatic hydroxyl groups excluding tert-OH is 2. The molecular formula is C12H28ClNaO2. The van der Waals surface area contributed by atoms with Crippen LogP contribution >= 0.6 is 0 Å². The molecule has 0 aliphatic heterocycles. The molecular weight excluding hydrogens is 235 g/mol. The first kappa shape index (κ1) is 25.9. The molecule has 0 radical (unpaired) electrons. The second kappa shape index (κ2) is 29.8. The summed E-state index contributed by atoms with van der Waals surface area (Å²) in [5.74, 6) is 0. The van der Waals surface area contributed by atoms with Crippen LogP contribution in [-0.4, -0.2) is 23.4 Å². The molecule has 0 aliphatic rings. The molecule has 0 aliphatic carbocycles. The van der Waals surface area contributed by atoms with E-state index in [4.69, 9.17) is 10.2 Å². The van der Waals surface area contributed by atoms with Gasteiger partial charge in [0.1, 0.15) is 0 Å². The van der Waals surface area contributed by atoms with Crippen molar-refractivity contribution in [3.05, 3.63) is 0 Å². The van der Waals surface area contributed by atoms with E-state index in [1.54, 1.807) is 6.92 Å². The van der Waals surface area contributed by atoms with Crippen molar-refractivity contribution < 1.29 is 52.2 Å². The second-order valence-corrected chi connectivity index (χ2v) is 3.51. The van der Waals surface area contributed by atoms with Gasteiger partial charge < -0.3 is 22.6 Å². The molecule has 0 fully saturated rings. The molecule has 0 aromatic carbocycles. The van der Waals surface area contributed by atoms with Crippen LogP contribution in [0.4, 0.5) is 0 Å². The van der Waals surface area contributed by atoms with Gasteiger partial charge in [-0.3, -0.25) is 0 Å². The minimum absolute atomic E-state index is 0. The normalized spacial score (nSPS) is 8.25. The van der Waals surface area contributed by atoms with Gasteiger partial charge in [-0.2, -0.15) is 0 Å². The third-order valence-corrected chi connectivity index (χ3v) is 2.01. The van der Waals surface area contributed by atoms with Crippen molar-refractivity contribution in [1.29, 1.82) is 0 Å². The molecule has 0 unspecified atom stereocenters. The average molecular weight is 263 g/mol. The van der Waals surface area contributed by atoms with Gasteiger partial charge in [0.15, 0.2) is 0 Å². The SMILES string of the molecule is CCCCCCCCCCO.CCO.[Cl-].[Na+]. The van der Waals surface area contributed by atoms with E-state index in [-0.39, 0.29) is 48.6 Å². The Balaban J connectivity index is -0.000000129. The quantitative estimate of drug-likeness (QED) is 0.365. The average Bonchev–Trinajstić information content (AvgIpc) is 2.18. The van der Waals surface area contributed by atoms with Crippen LogP contribution in [0.5, 0.6) is 0 Å². The Hall–Kier alpha value is 1.21. The van der Waals surface area contributed by atoms with Gasteiger partial charge in [-0.25, -0.2) is 0 Å². The smallest absolute Gasteiger partial charge is 1.00 e. The Morgan fingerprint density at radius 3 is 1.31 bits per heavy atom. The van der Waals surface area contributed by atoms with Crippen LogP contribution in [-0.2, 0) is 0 Å². The fourth-order valence-corrected chi connectivity index (χ4v) is 1.25. The molecule has 2 N–H and O–H groups in total. The molecule has 0 spiro atoms. The molecule has 0 heterocycles. The van der Waals surface area contributed by atoms with E-state index in [0.29, 0.717) is 6.61 Å². The van der Waals surface area contributed by atoms with Gasteiger partial charge in [-0.1, -0.05) is 51.9 Å². The maximum absolute atomic E-state index is 8.51. The molecule has 0 bridgehead atoms. The van der Waals surface area contributed by atoms with Gasteiger partial charge in [0.05, 0.1) is 0 Å². The summed E-state index contributed by atoms with van der Waals surface area (Å²) in [6.45, 7) is 4.54. The van der Waals surface area contributed by atoms with E-state index in [1.165, 1.54) is 44.9 Å². The van der Waals surface area contributed by atoms with Crippen LogP contribution in [0.25, 0.3) is 0 Å². The monoisotopic (exact) mass is 262 g/mol. The fourth-order valence-electron chi connectivity index (χ4n) is 1.25. The van der Waals surface area contributed by atoms with Crippen LogP contribution < -0.4 is 42.0 Å². The number of hydrogen-bond acceptors (Lipinski definition) is 2. The number of aliphatic hydroxyl groups is 2. The predicted octanol–water partition coefficient (Wildman–Crippen LogP) is -2.87. The Morgan fingerprint density at radius 1 is 0.688 bits per heavy atom. The van der Waals surface area contributed by atoms with Gasteiger partial charge in [-0.05, 0) is 13.3 Å². The van der Waals surface area contributed by atoms with E-state index in [2.05, 4.69) is 6.92 Å². The van der Waals surface area contributed by atoms with Crippen LogP contribution in [0.15, 0.2) is 0 Å². The molecule has 0 rings (SSSR count). The third-order valence-electron chi connectivity index (χ3n) is 2.01. The fraction of sp³-hybridized carbons (Fsp3) is 1.00. The minimum atomic E-state index is 0. The molecule has 2 nitrogen and oxygen atoms in total. The molecule has 96 valence electrons. The summed E-state index contributed by atoms with van der Waals surface area (Å²) in [5.41, 5.74) is 0. The summed E-state index contributed by atoms with van der Waals surface area (Å²) < 4.78 is 0. The van der Waals surface area contributed by atoms with Crippen LogP contribution in [0.1, 0.15) is 65.2 Å². The zero-order valence-electron chi connectivity index (χ0n) is 11.3. The molecule has 0 aromatic rings. The van der Waals surface area contributed by atoms with Gasteiger partial charge in [-0.15, -0.1) is 0 Å². The molecule has 0 saturated carbocycles. The maximum Gasteiger partial charge on any atom is 1.00 e. The number of halogens is 1. The largest absolute Gasteiger partial charge is 1.00 e. The van der Waals surface area contributed by atoms with Crippen LogP contribution in [0.2, 0.25) is 0 Å². The molecule has 0 aromatic heterocycles. The summed E-state index contributed by atoms with van der Waals surface area (Å²) in [7, 11) is 0. The van der Waals surface area contributed by atoms with Crippen molar-refractivity contribution in [2.45, 2.75) is 65.2 Å². The Bertz CT molecular complexity index is 77.4. The summed E-state index contributed by atoms with van der Waals surface area (Å²) in [4.78, 5) is 0. The van der Waals surface area contributed by atoms with Crippen molar-refractivity contribution in [2.75, 3.05) is 13.2 Å². The van der Waals surface area contributed by atoms with Crippen LogP contribution in [0, 0.1) is 0 Å². The molecule has 0 saturated heterocycles. The number of unbranched alkanes of at least 4 members (excludes halogenated alkanes) is 7. The summed E-state index contributed by atoms with van der Waals surface area (Å²) in [6.07, 6.45) is 10.4. The Labute approximate surface area is 130 Å². The molecule has 0 atom stereocenters. The van der Waals surface area contributed by atoms with Gasteiger partial charge >= 0.3 is 29.6 Å². The second-order valence-electron chi connectivity index (χ2n) is 3.51. The third kappa shape index (κ3) is 36.2. The first-order valence-corrected chi connectivity index (χ1v) is 6.05. The van der Waals surface area contributed by atoms with E-state index >= 15 is 0 Å². The van der Waals surface area contributed by atoms with E-state index in [1.807, 2.05) is 0 Å². The number of rotatable bonds is 8. The predicted molar refractivity (Wildman–Crippen MR) is 62.5 cm³/mol. The topological polar surface area (TPSA) is 40.5 Å². The summed E-state index contributed by atoms with van der Waals surface area (Å²) in [5, 5.41) is 16.1. The van der Waals surface area contributed by atoms with Crippen molar-refractivity contribution in [1.82, 2.24) is 0 Å². The molecule has 0 amide bonds. The first-order valence-electron chi connectivity index (χ1n) is 6.05. The van der Waals surface area contributed by atoms with Gasteiger partial charge in [0, 0.05) is 13.2 Å². The van der Waals surface area contributed by atoms with E-state index in [9.17, 15) is 0 Å². The van der Waals surface area contributed by atoms with Crippen molar-refractivity contribution in [2.24, 2.45) is 0 Å². The summed E-state index contributed by atoms with van der Waals surface area (Å²) >= 11 is 0. The van der Waals surface area contributed by atoms with Crippen molar-refractivity contribution in [3.63, 3.8) is 0 Å². The van der Waals surface area contributed by atoms with E-state index < -0.39 is 0 Å². The standard InChI is InChI=1S/C10H22O.C2H6O.ClH.Na/c1-2-3-4-5-6-7-8-9-10-11;1-2-3;;/h11H,2-10H2,1H3;3H,2H2,1H3;1H;/q;;;+1/p-1. The Kier molecular flexibility index (Phi) is 48.3. The van der Waals surface area contributed by atoms with E-state index in [0.717, 1.165) is 6.42 Å². The first-order chi connectivity index (χ1) is 6.83. The zero-order chi connectivity index (χ0) is 11.1. The van der Waals surface area contributed by atoms with Crippen molar-refractivity contribution in [3.8, 4) is 0 Å². The number of hydrogen-bond donors (Lipinski definition) is 2. The summed E-state index contributed by atoms with van der Waals surface area (Å²) in [6, 6.07) is 0. The molecule has 16 heavy (non-hydrogen) atoms. The minimum Gasteiger partial charge on any atom is -1.00 e. The Morgan fingerprint density at radius 2 is 1.00 bits per heavy atom. The molecule has 4 heteroatoms. The zero-order valence-corrected chi connectivity index (χ0v) is 14.1. The van der Waals surface area contributed by atoms with Gasteiger partial charge in [0.25, 0.3) is 0 Å². The van der Waals surface area contributed by atoms with Gasteiger partial charge in [0.2, 0.25) is 0 Å². The maximum atomic E-state index is 8.51.